The molecule has 5 rings (SSSR count). The molecule has 1 fully saturated rings. The molecule has 1 N–H and O–H groups in total. The predicted octanol–water partition coefficient (Wildman–Crippen LogP) is 3.88. The van der Waals surface area contributed by atoms with Crippen LogP contribution in [0.15, 0.2) is 53.6 Å². The third-order valence-corrected chi connectivity index (χ3v) is 7.80. The summed E-state index contributed by atoms with van der Waals surface area (Å²) in [6.45, 7) is 0.343. The van der Waals surface area contributed by atoms with Crippen LogP contribution >= 0.6 is 0 Å². The number of pyridine rings is 1. The summed E-state index contributed by atoms with van der Waals surface area (Å²) < 4.78 is 40.2. The van der Waals surface area contributed by atoms with Crippen LogP contribution in [0.4, 0.5) is 0 Å². The number of rotatable bonds is 5. The molecule has 1 saturated carbocycles. The second kappa shape index (κ2) is 8.09. The fraction of sp³-hybridized carbons (Fsp3) is 0.333. The van der Waals surface area contributed by atoms with E-state index in [9.17, 15) is 13.2 Å². The minimum Gasteiger partial charge on any atom is -0.496 e. The number of hydrogen-bond acceptors (Lipinski definition) is 6. The quantitative estimate of drug-likeness (QED) is 0.631. The van der Waals surface area contributed by atoms with Gasteiger partial charge in [-0.2, -0.15) is 0 Å². The number of benzene rings is 2. The van der Waals surface area contributed by atoms with Crippen LogP contribution in [0.25, 0.3) is 10.9 Å². The van der Waals surface area contributed by atoms with E-state index in [0.29, 0.717) is 46.9 Å². The van der Waals surface area contributed by atoms with Crippen molar-refractivity contribution >= 4 is 26.8 Å². The van der Waals surface area contributed by atoms with Gasteiger partial charge in [-0.3, -0.25) is 9.78 Å². The van der Waals surface area contributed by atoms with Gasteiger partial charge in [0, 0.05) is 17.1 Å². The molecule has 1 aliphatic heterocycles. The molecule has 7 nitrogen and oxygen atoms in total. The van der Waals surface area contributed by atoms with Gasteiger partial charge in [0.05, 0.1) is 30.0 Å². The summed E-state index contributed by atoms with van der Waals surface area (Å²) in [6, 6.07) is 12.0. The predicted molar refractivity (Wildman–Crippen MR) is 120 cm³/mol. The molecule has 1 amide bonds. The second-order valence-electron chi connectivity index (χ2n) is 8.21. The Morgan fingerprint density at radius 1 is 1.12 bits per heavy atom. The molecule has 166 valence electrons. The molecule has 1 atom stereocenters. The summed E-state index contributed by atoms with van der Waals surface area (Å²) in [5.74, 6) is 0.349. The van der Waals surface area contributed by atoms with Crippen LogP contribution in [-0.2, 0) is 14.8 Å². The first-order chi connectivity index (χ1) is 15.5. The van der Waals surface area contributed by atoms with Crippen molar-refractivity contribution in [2.75, 3.05) is 13.7 Å². The molecule has 8 heteroatoms. The van der Waals surface area contributed by atoms with Gasteiger partial charge in [-0.25, -0.2) is 13.1 Å². The van der Waals surface area contributed by atoms with Gasteiger partial charge in [0.15, 0.2) is 0 Å². The molecule has 0 saturated heterocycles. The summed E-state index contributed by atoms with van der Waals surface area (Å²) in [7, 11) is -2.55. The van der Waals surface area contributed by atoms with Gasteiger partial charge < -0.3 is 9.47 Å². The maximum Gasteiger partial charge on any atom is 0.264 e. The lowest BCUT2D eigenvalue weighted by Crippen LogP contribution is -2.37. The molecule has 0 spiro atoms. The van der Waals surface area contributed by atoms with Gasteiger partial charge in [-0.15, -0.1) is 0 Å². The lowest BCUT2D eigenvalue weighted by atomic mass is 9.77. The second-order valence-corrected chi connectivity index (χ2v) is 9.86. The topological polar surface area (TPSA) is 94.6 Å². The summed E-state index contributed by atoms with van der Waals surface area (Å²) in [5, 5.41) is 0.465. The molecule has 2 aliphatic rings. The number of nitrogens with one attached hydrogen (secondary N) is 1. The number of ether oxygens (including phenoxy) is 2. The van der Waals surface area contributed by atoms with E-state index in [1.165, 1.54) is 12.5 Å². The van der Waals surface area contributed by atoms with Gasteiger partial charge in [0.2, 0.25) is 5.91 Å². The Kier molecular flexibility index (Phi) is 5.25. The number of sulfonamides is 1. The van der Waals surface area contributed by atoms with Crippen LogP contribution in [0.1, 0.15) is 48.6 Å². The van der Waals surface area contributed by atoms with Gasteiger partial charge in [-0.1, -0.05) is 18.6 Å². The largest absolute Gasteiger partial charge is 0.496 e. The number of carbonyl (C=O) groups excluding carboxylic acids is 1. The van der Waals surface area contributed by atoms with Crippen molar-refractivity contribution in [3.63, 3.8) is 0 Å². The van der Waals surface area contributed by atoms with Crippen molar-refractivity contribution in [1.82, 2.24) is 9.71 Å². The molecule has 3 aromatic rings. The zero-order valence-electron chi connectivity index (χ0n) is 17.7. The van der Waals surface area contributed by atoms with Gasteiger partial charge >= 0.3 is 0 Å². The van der Waals surface area contributed by atoms with E-state index in [4.69, 9.17) is 9.47 Å². The maximum absolute atomic E-state index is 13.3. The Morgan fingerprint density at radius 2 is 1.97 bits per heavy atom. The lowest BCUT2D eigenvalue weighted by Gasteiger charge is -2.33. The summed E-state index contributed by atoms with van der Waals surface area (Å²) in [4.78, 5) is 17.5. The highest BCUT2D eigenvalue weighted by Crippen LogP contribution is 2.49. The molecule has 0 unspecified atom stereocenters. The number of hydrogen-bond donors (Lipinski definition) is 1. The summed E-state index contributed by atoms with van der Waals surface area (Å²) in [5.41, 5.74) is 2.26. The van der Waals surface area contributed by atoms with Gasteiger partial charge in [0.1, 0.15) is 11.5 Å². The third kappa shape index (κ3) is 3.48. The molecule has 2 aromatic carbocycles. The van der Waals surface area contributed by atoms with Crippen LogP contribution in [-0.4, -0.2) is 33.0 Å². The third-order valence-electron chi connectivity index (χ3n) is 6.40. The summed E-state index contributed by atoms with van der Waals surface area (Å²) >= 11 is 0. The number of carbonyl (C=O) groups is 1. The SMILES string of the molecule is COc1ccc(C2CCC2)c2c1[C@H](C(=O)NS(=O)(=O)c1cccc3ncccc13)CCO2. The Morgan fingerprint density at radius 3 is 2.72 bits per heavy atom. The van der Waals surface area contributed by atoms with Crippen LogP contribution in [0.5, 0.6) is 11.5 Å². The average Bonchev–Trinajstić information content (AvgIpc) is 2.77. The molecule has 0 radical (unpaired) electrons. The molecule has 1 aliphatic carbocycles. The molecule has 32 heavy (non-hydrogen) atoms. The van der Waals surface area contributed by atoms with Crippen molar-refractivity contribution in [2.45, 2.75) is 42.4 Å². The highest BCUT2D eigenvalue weighted by Gasteiger charge is 2.37. The van der Waals surface area contributed by atoms with Gasteiger partial charge in [0.25, 0.3) is 10.0 Å². The summed E-state index contributed by atoms with van der Waals surface area (Å²) in [6.07, 6.45) is 5.32. The van der Waals surface area contributed by atoms with Gasteiger partial charge in [-0.05, 0) is 61.1 Å². The first kappa shape index (κ1) is 20.8. The number of aromatic nitrogens is 1. The van der Waals surface area contributed by atoms with E-state index in [1.54, 1.807) is 37.6 Å². The van der Waals surface area contributed by atoms with Crippen molar-refractivity contribution in [3.05, 3.63) is 59.8 Å². The monoisotopic (exact) mass is 452 g/mol. The van der Waals surface area contributed by atoms with Crippen LogP contribution in [0.2, 0.25) is 0 Å². The molecular weight excluding hydrogens is 428 g/mol. The normalized spacial score (nSPS) is 18.3. The van der Waals surface area contributed by atoms with Crippen molar-refractivity contribution < 1.29 is 22.7 Å². The van der Waals surface area contributed by atoms with Crippen LogP contribution in [0, 0.1) is 0 Å². The smallest absolute Gasteiger partial charge is 0.264 e. The van der Waals surface area contributed by atoms with Crippen LogP contribution < -0.4 is 14.2 Å². The number of fused-ring (bicyclic) bond motifs is 2. The fourth-order valence-corrected chi connectivity index (χ4v) is 5.80. The Hall–Kier alpha value is -3.13. The molecular formula is C24H24N2O5S. The molecule has 1 aromatic heterocycles. The highest BCUT2D eigenvalue weighted by molar-refractivity contribution is 7.90. The first-order valence-corrected chi connectivity index (χ1v) is 12.2. The number of amides is 1. The average molecular weight is 453 g/mol. The van der Waals surface area contributed by atoms with E-state index in [2.05, 4.69) is 9.71 Å². The van der Waals surface area contributed by atoms with E-state index in [1.807, 2.05) is 12.1 Å². The minimum absolute atomic E-state index is 0.0268. The maximum atomic E-state index is 13.3. The van der Waals surface area contributed by atoms with E-state index < -0.39 is 21.8 Å². The van der Waals surface area contributed by atoms with E-state index >= 15 is 0 Å². The Labute approximate surface area is 186 Å². The zero-order chi connectivity index (χ0) is 22.3. The Balaban J connectivity index is 1.51. The number of nitrogens with zero attached hydrogens (tertiary/aromatic N) is 1. The first-order valence-electron chi connectivity index (χ1n) is 10.7. The number of methoxy groups -OCH3 is 1. The van der Waals surface area contributed by atoms with Crippen molar-refractivity contribution in [1.29, 1.82) is 0 Å². The fourth-order valence-electron chi connectivity index (χ4n) is 4.56. The van der Waals surface area contributed by atoms with E-state index in [0.717, 1.165) is 18.4 Å². The lowest BCUT2D eigenvalue weighted by molar-refractivity contribution is -0.121. The Bertz CT molecular complexity index is 1300. The van der Waals surface area contributed by atoms with Crippen LogP contribution in [0.3, 0.4) is 0 Å². The van der Waals surface area contributed by atoms with Crippen molar-refractivity contribution in [3.8, 4) is 11.5 Å². The van der Waals surface area contributed by atoms with Crippen molar-refractivity contribution in [2.24, 2.45) is 0 Å². The minimum atomic E-state index is -4.10. The standard InChI is InChI=1S/C24H24N2O5S/c1-30-20-11-10-16(15-5-2-6-15)23-22(20)18(12-14-31-23)24(27)26-32(28,29)21-9-3-8-19-17(21)7-4-13-25-19/h3-4,7-11,13,15,18H,2,5-6,12,14H2,1H3,(H,26,27)/t18-/m1/s1. The molecule has 0 bridgehead atoms. The zero-order valence-corrected chi connectivity index (χ0v) is 18.5. The van der Waals surface area contributed by atoms with E-state index in [-0.39, 0.29) is 4.90 Å². The highest BCUT2D eigenvalue weighted by atomic mass is 32.2. The molecule has 2 heterocycles.